The SMILES string of the molecule is O=C1c2c(c3n(c(=O)c2O)C2(CCC4CC42)N(CC(O)CF)C3=O)CCN1Cc1ccc(F)c(Cl)c1. The van der Waals surface area contributed by atoms with Crippen LogP contribution in [-0.2, 0) is 18.6 Å². The second kappa shape index (κ2) is 8.01. The lowest BCUT2D eigenvalue weighted by Crippen LogP contribution is -2.53. The molecule has 2 aliphatic heterocycles. The molecule has 4 unspecified atom stereocenters. The number of alkyl halides is 1. The number of amides is 2. The minimum Gasteiger partial charge on any atom is -0.502 e. The molecule has 4 aliphatic rings. The molecule has 2 fully saturated rings. The summed E-state index contributed by atoms with van der Waals surface area (Å²) in [6, 6.07) is 4.10. The van der Waals surface area contributed by atoms with E-state index >= 15 is 0 Å². The molecule has 3 heterocycles. The lowest BCUT2D eigenvalue weighted by Gasteiger charge is -2.39. The second-order valence-corrected chi connectivity index (χ2v) is 10.6. The van der Waals surface area contributed by atoms with E-state index in [1.54, 1.807) is 0 Å². The maximum Gasteiger partial charge on any atom is 0.296 e. The molecule has 0 saturated heterocycles. The van der Waals surface area contributed by atoms with Gasteiger partial charge in [-0.15, -0.1) is 0 Å². The Kier molecular flexibility index (Phi) is 5.21. The van der Waals surface area contributed by atoms with Gasteiger partial charge in [0.2, 0.25) is 0 Å². The van der Waals surface area contributed by atoms with Crippen molar-refractivity contribution in [3.63, 3.8) is 0 Å². The van der Waals surface area contributed by atoms with Crippen molar-refractivity contribution in [2.24, 2.45) is 11.8 Å². The van der Waals surface area contributed by atoms with E-state index in [2.05, 4.69) is 0 Å². The van der Waals surface area contributed by atoms with E-state index in [1.165, 1.54) is 32.6 Å². The van der Waals surface area contributed by atoms with Crippen LogP contribution in [-0.4, -0.2) is 62.3 Å². The number of pyridine rings is 1. The van der Waals surface area contributed by atoms with Gasteiger partial charge in [0.1, 0.15) is 23.8 Å². The van der Waals surface area contributed by atoms with Gasteiger partial charge in [0.15, 0.2) is 5.75 Å². The van der Waals surface area contributed by atoms with Crippen LogP contribution < -0.4 is 5.56 Å². The predicted octanol–water partition coefficient (Wildman–Crippen LogP) is 2.41. The molecule has 8 nitrogen and oxygen atoms in total. The number of hydrogen-bond acceptors (Lipinski definition) is 5. The fraction of sp³-hybridized carbons (Fsp3) is 0.480. The van der Waals surface area contributed by atoms with Crippen molar-refractivity contribution in [3.05, 3.63) is 61.8 Å². The van der Waals surface area contributed by atoms with Gasteiger partial charge < -0.3 is 20.0 Å². The molecule has 1 aromatic heterocycles. The Balaban J connectivity index is 1.44. The van der Waals surface area contributed by atoms with Crippen LogP contribution in [0.1, 0.15) is 51.2 Å². The summed E-state index contributed by atoms with van der Waals surface area (Å²) in [7, 11) is 0. The molecule has 1 aromatic carbocycles. The summed E-state index contributed by atoms with van der Waals surface area (Å²) < 4.78 is 28.1. The Bertz CT molecular complexity index is 1380. The molecular formula is C25H24ClF2N3O5. The maximum absolute atomic E-state index is 13.7. The number of aliphatic hydroxyl groups excluding tert-OH is 1. The van der Waals surface area contributed by atoms with Crippen molar-refractivity contribution in [2.75, 3.05) is 19.8 Å². The number of aliphatic hydroxyl groups is 1. The van der Waals surface area contributed by atoms with Crippen LogP contribution in [0.4, 0.5) is 8.78 Å². The Morgan fingerprint density at radius 1 is 1.22 bits per heavy atom. The van der Waals surface area contributed by atoms with E-state index in [1.807, 2.05) is 0 Å². The summed E-state index contributed by atoms with van der Waals surface area (Å²) in [6.45, 7) is -1.04. The number of carbonyl (C=O) groups is 2. The molecule has 0 radical (unpaired) electrons. The van der Waals surface area contributed by atoms with Gasteiger partial charge in [0, 0.05) is 24.6 Å². The smallest absolute Gasteiger partial charge is 0.296 e. The summed E-state index contributed by atoms with van der Waals surface area (Å²) in [5.41, 5.74) is -1.21. The number of aromatic nitrogens is 1. The second-order valence-electron chi connectivity index (χ2n) is 10.2. The standard InChI is InChI=1S/C25H24ClF2N3O5/c26-17-7-12(1-2-18(17)28)10-29-6-4-15-19(22(29)34)21(33)24(36)31-20(15)23(35)30(11-14(32)9-27)25(31)5-3-13-8-16(13)25/h1-2,7,13-14,16,32-33H,3-6,8-11H2. The topological polar surface area (TPSA) is 103 Å². The van der Waals surface area contributed by atoms with E-state index in [0.29, 0.717) is 17.9 Å². The van der Waals surface area contributed by atoms with Gasteiger partial charge in [-0.2, -0.15) is 0 Å². The van der Waals surface area contributed by atoms with Gasteiger partial charge in [0.05, 0.1) is 23.2 Å². The van der Waals surface area contributed by atoms with E-state index in [-0.39, 0.29) is 53.8 Å². The zero-order chi connectivity index (χ0) is 25.5. The minimum absolute atomic E-state index is 0.0244. The van der Waals surface area contributed by atoms with Crippen LogP contribution in [0.5, 0.6) is 5.75 Å². The molecule has 2 N–H and O–H groups in total. The molecule has 190 valence electrons. The average Bonchev–Trinajstić information content (AvgIpc) is 3.50. The van der Waals surface area contributed by atoms with Gasteiger partial charge in [-0.25, -0.2) is 8.78 Å². The first-order valence-electron chi connectivity index (χ1n) is 12.0. The molecule has 2 saturated carbocycles. The number of carbonyl (C=O) groups excluding carboxylic acids is 2. The molecule has 36 heavy (non-hydrogen) atoms. The first kappa shape index (κ1) is 23.4. The molecule has 2 aliphatic carbocycles. The fourth-order valence-corrected chi connectivity index (χ4v) is 6.75. The van der Waals surface area contributed by atoms with Crippen LogP contribution in [0.3, 0.4) is 0 Å². The third-order valence-electron chi connectivity index (χ3n) is 8.22. The molecule has 4 atom stereocenters. The Morgan fingerprint density at radius 2 is 2.00 bits per heavy atom. The highest BCUT2D eigenvalue weighted by molar-refractivity contribution is 6.30. The zero-order valence-corrected chi connectivity index (χ0v) is 20.0. The number of hydrogen-bond donors (Lipinski definition) is 2. The van der Waals surface area contributed by atoms with Gasteiger partial charge in [-0.05, 0) is 49.3 Å². The summed E-state index contributed by atoms with van der Waals surface area (Å²) >= 11 is 5.86. The van der Waals surface area contributed by atoms with Crippen LogP contribution in [0, 0.1) is 17.7 Å². The molecule has 2 amide bonds. The van der Waals surface area contributed by atoms with Gasteiger partial charge in [-0.3, -0.25) is 19.0 Å². The number of rotatable bonds is 5. The quantitative estimate of drug-likeness (QED) is 0.631. The molecule has 6 rings (SSSR count). The zero-order valence-electron chi connectivity index (χ0n) is 19.2. The van der Waals surface area contributed by atoms with Crippen LogP contribution >= 0.6 is 11.6 Å². The number of benzene rings is 1. The molecule has 0 bridgehead atoms. The van der Waals surface area contributed by atoms with Crippen molar-refractivity contribution in [3.8, 4) is 5.75 Å². The number of halogens is 3. The van der Waals surface area contributed by atoms with Crippen molar-refractivity contribution in [1.82, 2.24) is 14.4 Å². The molecular weight excluding hydrogens is 496 g/mol. The predicted molar refractivity (Wildman–Crippen MR) is 124 cm³/mol. The lowest BCUT2D eigenvalue weighted by molar-refractivity contribution is -0.00304. The Morgan fingerprint density at radius 3 is 2.64 bits per heavy atom. The Hall–Kier alpha value is -2.98. The van der Waals surface area contributed by atoms with Gasteiger partial charge in [-0.1, -0.05) is 17.7 Å². The fourth-order valence-electron chi connectivity index (χ4n) is 6.55. The summed E-state index contributed by atoms with van der Waals surface area (Å²) in [4.78, 5) is 43.5. The maximum atomic E-state index is 13.7. The van der Waals surface area contributed by atoms with E-state index in [0.717, 1.165) is 12.8 Å². The van der Waals surface area contributed by atoms with Crippen molar-refractivity contribution in [2.45, 2.75) is 44.0 Å². The molecule has 1 spiro atoms. The van der Waals surface area contributed by atoms with E-state index in [9.17, 15) is 33.4 Å². The molecule has 2 aromatic rings. The van der Waals surface area contributed by atoms with E-state index < -0.39 is 47.4 Å². The summed E-state index contributed by atoms with van der Waals surface area (Å²) in [5.74, 6) is -2.16. The molecule has 11 heteroatoms. The highest BCUT2D eigenvalue weighted by Crippen LogP contribution is 2.64. The number of nitrogens with zero attached hydrogens (tertiary/aromatic N) is 3. The number of aromatic hydroxyl groups is 1. The minimum atomic E-state index is -1.40. The third kappa shape index (κ3) is 3.10. The number of fused-ring (bicyclic) bond motifs is 6. The largest absolute Gasteiger partial charge is 0.502 e. The van der Waals surface area contributed by atoms with Crippen molar-refractivity contribution >= 4 is 23.4 Å². The van der Waals surface area contributed by atoms with Crippen LogP contribution in [0.25, 0.3) is 0 Å². The van der Waals surface area contributed by atoms with E-state index in [4.69, 9.17) is 11.6 Å². The first-order valence-corrected chi connectivity index (χ1v) is 12.4. The lowest BCUT2D eigenvalue weighted by atomic mass is 9.95. The van der Waals surface area contributed by atoms with Gasteiger partial charge in [0.25, 0.3) is 17.4 Å². The average molecular weight is 520 g/mol. The van der Waals surface area contributed by atoms with Crippen LogP contribution in [0.2, 0.25) is 5.02 Å². The van der Waals surface area contributed by atoms with Crippen molar-refractivity contribution < 1.29 is 28.6 Å². The van der Waals surface area contributed by atoms with Crippen molar-refractivity contribution in [1.29, 1.82) is 0 Å². The highest BCUT2D eigenvalue weighted by Gasteiger charge is 2.67. The monoisotopic (exact) mass is 519 g/mol. The third-order valence-corrected chi connectivity index (χ3v) is 8.51. The highest BCUT2D eigenvalue weighted by atomic mass is 35.5. The normalized spacial score (nSPS) is 26.9. The number of β-amino-alcohol motifs (C(OH)–C–C–N with tert-alkyl or cyclic N) is 1. The summed E-state index contributed by atoms with van der Waals surface area (Å²) in [6.07, 6.45) is 0.832. The van der Waals surface area contributed by atoms with Gasteiger partial charge >= 0.3 is 0 Å². The summed E-state index contributed by atoms with van der Waals surface area (Å²) in [5, 5.41) is 21.0. The Labute approximate surface area is 209 Å². The first-order chi connectivity index (χ1) is 17.2. The van der Waals surface area contributed by atoms with Crippen LogP contribution in [0.15, 0.2) is 23.0 Å².